The molecule has 10 heteroatoms. The summed E-state index contributed by atoms with van der Waals surface area (Å²) >= 11 is 0. The third-order valence-corrected chi connectivity index (χ3v) is 6.51. The van der Waals surface area contributed by atoms with E-state index in [4.69, 9.17) is 4.74 Å². The number of carbonyl (C=O) groups excluding carboxylic acids is 1. The Hall–Kier alpha value is -3.08. The van der Waals surface area contributed by atoms with Gasteiger partial charge in [0.05, 0.1) is 23.5 Å². The van der Waals surface area contributed by atoms with Crippen LogP contribution in [0.3, 0.4) is 0 Å². The lowest BCUT2D eigenvalue weighted by Gasteiger charge is -2.26. The first-order valence-corrected chi connectivity index (χ1v) is 10.4. The number of fused-ring (bicyclic) bond motifs is 1. The molecule has 1 aliphatic rings. The Labute approximate surface area is 166 Å². The predicted molar refractivity (Wildman–Crippen MR) is 106 cm³/mol. The fraction of sp³-hybridized carbons (Fsp3) is 0.211. The Balaban J connectivity index is 1.63. The number of aromatic amines is 1. The molecule has 9 nitrogen and oxygen atoms in total. The zero-order valence-electron chi connectivity index (χ0n) is 15.3. The molecule has 0 atom stereocenters. The van der Waals surface area contributed by atoms with Crippen LogP contribution in [0.1, 0.15) is 10.5 Å². The van der Waals surface area contributed by atoms with Gasteiger partial charge in [0.15, 0.2) is 5.69 Å². The molecule has 1 aromatic heterocycles. The molecule has 29 heavy (non-hydrogen) atoms. The van der Waals surface area contributed by atoms with Gasteiger partial charge in [0.1, 0.15) is 0 Å². The number of aromatic nitrogens is 2. The topological polar surface area (TPSA) is 121 Å². The summed E-state index contributed by atoms with van der Waals surface area (Å²) in [5.41, 5.74) is -0.0428. The minimum absolute atomic E-state index is 0.0432. The Morgan fingerprint density at radius 2 is 1.79 bits per heavy atom. The summed E-state index contributed by atoms with van der Waals surface area (Å²) in [6.45, 7) is 1.26. The Morgan fingerprint density at radius 1 is 1.07 bits per heavy atom. The van der Waals surface area contributed by atoms with E-state index in [0.29, 0.717) is 29.7 Å². The molecule has 1 fully saturated rings. The van der Waals surface area contributed by atoms with Crippen molar-refractivity contribution in [3.8, 4) is 0 Å². The van der Waals surface area contributed by atoms with Crippen LogP contribution in [0.5, 0.6) is 0 Å². The number of nitrogens with one attached hydrogen (secondary N) is 2. The van der Waals surface area contributed by atoms with Gasteiger partial charge in [-0.25, -0.2) is 13.5 Å². The molecule has 3 aromatic rings. The largest absolute Gasteiger partial charge is 0.379 e. The Morgan fingerprint density at radius 3 is 2.55 bits per heavy atom. The van der Waals surface area contributed by atoms with Gasteiger partial charge in [-0.15, -0.1) is 0 Å². The number of H-pyrrole nitrogens is 1. The molecule has 0 unspecified atom stereocenters. The smallest absolute Gasteiger partial charge is 0.276 e. The highest BCUT2D eigenvalue weighted by Crippen LogP contribution is 2.21. The summed E-state index contributed by atoms with van der Waals surface area (Å²) in [5.74, 6) is -0.557. The average molecular weight is 414 g/mol. The Kier molecular flexibility index (Phi) is 5.14. The first-order valence-electron chi connectivity index (χ1n) is 8.93. The van der Waals surface area contributed by atoms with Crippen LogP contribution in [0.4, 0.5) is 5.69 Å². The maximum absolute atomic E-state index is 12.8. The van der Waals surface area contributed by atoms with Crippen molar-refractivity contribution in [3.05, 3.63) is 64.6 Å². The minimum atomic E-state index is -3.69. The van der Waals surface area contributed by atoms with Crippen LogP contribution >= 0.6 is 0 Å². The maximum Gasteiger partial charge on any atom is 0.276 e. The highest BCUT2D eigenvalue weighted by Gasteiger charge is 2.26. The van der Waals surface area contributed by atoms with E-state index in [9.17, 15) is 18.0 Å². The molecule has 2 heterocycles. The summed E-state index contributed by atoms with van der Waals surface area (Å²) in [5, 5.41) is 9.57. The molecular weight excluding hydrogens is 396 g/mol. The van der Waals surface area contributed by atoms with Crippen LogP contribution in [-0.4, -0.2) is 55.1 Å². The van der Waals surface area contributed by atoms with E-state index in [0.717, 1.165) is 0 Å². The van der Waals surface area contributed by atoms with E-state index in [1.54, 1.807) is 36.4 Å². The van der Waals surface area contributed by atoms with E-state index in [1.165, 1.54) is 16.4 Å². The Bertz CT molecular complexity index is 1230. The molecule has 0 spiro atoms. The minimum Gasteiger partial charge on any atom is -0.379 e. The van der Waals surface area contributed by atoms with Gasteiger partial charge in [0.25, 0.3) is 11.5 Å². The molecule has 2 aromatic carbocycles. The monoisotopic (exact) mass is 414 g/mol. The van der Waals surface area contributed by atoms with Gasteiger partial charge in [-0.05, 0) is 24.3 Å². The molecule has 1 amide bonds. The van der Waals surface area contributed by atoms with Gasteiger partial charge in [-0.3, -0.25) is 9.59 Å². The van der Waals surface area contributed by atoms with Crippen LogP contribution in [0.25, 0.3) is 10.8 Å². The molecule has 0 aliphatic carbocycles. The van der Waals surface area contributed by atoms with E-state index in [-0.39, 0.29) is 23.7 Å². The number of amides is 1. The number of benzene rings is 2. The molecular formula is C19H18N4O5S. The third kappa shape index (κ3) is 3.77. The van der Waals surface area contributed by atoms with Crippen molar-refractivity contribution in [2.45, 2.75) is 4.90 Å². The second-order valence-electron chi connectivity index (χ2n) is 6.45. The second kappa shape index (κ2) is 7.74. The number of nitrogens with zero attached hydrogens (tertiary/aromatic N) is 2. The van der Waals surface area contributed by atoms with Crippen LogP contribution in [-0.2, 0) is 14.8 Å². The van der Waals surface area contributed by atoms with Crippen LogP contribution in [0, 0.1) is 0 Å². The van der Waals surface area contributed by atoms with Crippen LogP contribution in [0.2, 0.25) is 0 Å². The van der Waals surface area contributed by atoms with Crippen molar-refractivity contribution >= 4 is 32.4 Å². The predicted octanol–water partition coefficient (Wildman–Crippen LogP) is 1.20. The molecule has 2 N–H and O–H groups in total. The first-order chi connectivity index (χ1) is 14.0. The van der Waals surface area contributed by atoms with Crippen molar-refractivity contribution in [2.75, 3.05) is 31.6 Å². The van der Waals surface area contributed by atoms with E-state index >= 15 is 0 Å². The molecule has 0 bridgehead atoms. The van der Waals surface area contributed by atoms with Crippen LogP contribution in [0.15, 0.2) is 58.2 Å². The lowest BCUT2D eigenvalue weighted by atomic mass is 10.1. The van der Waals surface area contributed by atoms with E-state index in [2.05, 4.69) is 15.5 Å². The van der Waals surface area contributed by atoms with Crippen molar-refractivity contribution in [1.82, 2.24) is 14.5 Å². The van der Waals surface area contributed by atoms with Gasteiger partial charge in [0, 0.05) is 24.2 Å². The normalized spacial score (nSPS) is 15.3. The fourth-order valence-corrected chi connectivity index (χ4v) is 4.60. The number of carbonyl (C=O) groups is 1. The van der Waals surface area contributed by atoms with Gasteiger partial charge in [-0.2, -0.15) is 9.40 Å². The number of hydrogen-bond acceptors (Lipinski definition) is 6. The van der Waals surface area contributed by atoms with Crippen molar-refractivity contribution in [3.63, 3.8) is 0 Å². The average Bonchev–Trinajstić information content (AvgIpc) is 2.75. The number of hydrogen-bond donors (Lipinski definition) is 2. The molecule has 1 aliphatic heterocycles. The molecule has 4 rings (SSSR count). The summed E-state index contributed by atoms with van der Waals surface area (Å²) < 4.78 is 32.2. The van der Waals surface area contributed by atoms with Gasteiger partial charge >= 0.3 is 0 Å². The quantitative estimate of drug-likeness (QED) is 0.662. The summed E-state index contributed by atoms with van der Waals surface area (Å²) in [6, 6.07) is 12.7. The van der Waals surface area contributed by atoms with E-state index in [1.807, 2.05) is 0 Å². The van der Waals surface area contributed by atoms with Crippen molar-refractivity contribution < 1.29 is 17.9 Å². The number of anilines is 1. The van der Waals surface area contributed by atoms with Gasteiger partial charge in [0.2, 0.25) is 10.0 Å². The van der Waals surface area contributed by atoms with Crippen molar-refractivity contribution in [1.29, 1.82) is 0 Å². The number of ether oxygens (including phenoxy) is 1. The number of rotatable bonds is 4. The highest BCUT2D eigenvalue weighted by molar-refractivity contribution is 7.89. The van der Waals surface area contributed by atoms with Crippen LogP contribution < -0.4 is 10.9 Å². The molecule has 150 valence electrons. The second-order valence-corrected chi connectivity index (χ2v) is 8.38. The van der Waals surface area contributed by atoms with Gasteiger partial charge < -0.3 is 10.1 Å². The van der Waals surface area contributed by atoms with Crippen molar-refractivity contribution in [2.24, 2.45) is 0 Å². The SMILES string of the molecule is O=C(Nc1cccc(S(=O)(=O)N2CCOCC2)c1)c1n[nH]c(=O)c2ccccc12. The van der Waals surface area contributed by atoms with Gasteiger partial charge in [-0.1, -0.05) is 24.3 Å². The fourth-order valence-electron chi connectivity index (χ4n) is 3.15. The number of morpholine rings is 1. The third-order valence-electron chi connectivity index (χ3n) is 4.61. The molecule has 1 saturated heterocycles. The first kappa shape index (κ1) is 19.2. The summed E-state index contributed by atoms with van der Waals surface area (Å²) in [7, 11) is -3.69. The maximum atomic E-state index is 12.8. The summed E-state index contributed by atoms with van der Waals surface area (Å²) in [4.78, 5) is 24.7. The lowest BCUT2D eigenvalue weighted by molar-refractivity contribution is 0.0730. The zero-order valence-corrected chi connectivity index (χ0v) is 16.1. The van der Waals surface area contributed by atoms with E-state index < -0.39 is 21.5 Å². The standard InChI is InChI=1S/C19H18N4O5S/c24-18-16-7-2-1-6-15(16)17(21-22-18)19(25)20-13-4-3-5-14(12-13)29(26,27)23-8-10-28-11-9-23/h1-7,12H,8-11H2,(H,20,25)(H,22,24). The summed E-state index contributed by atoms with van der Waals surface area (Å²) in [6.07, 6.45) is 0. The lowest BCUT2D eigenvalue weighted by Crippen LogP contribution is -2.40. The zero-order chi connectivity index (χ0) is 20.4. The highest BCUT2D eigenvalue weighted by atomic mass is 32.2. The number of sulfonamides is 1. The molecule has 0 radical (unpaired) electrons. The molecule has 0 saturated carbocycles.